The molecule has 0 fully saturated rings. The first-order chi connectivity index (χ1) is 15.0. The van der Waals surface area contributed by atoms with Gasteiger partial charge < -0.3 is 10.2 Å². The van der Waals surface area contributed by atoms with E-state index >= 15 is 0 Å². The summed E-state index contributed by atoms with van der Waals surface area (Å²) in [6.45, 7) is 8.21. The monoisotopic (exact) mass is 502 g/mol. The number of nitrogens with one attached hydrogen (secondary N) is 2. The van der Waals surface area contributed by atoms with Crippen molar-refractivity contribution in [3.8, 4) is 0 Å². The quantitative estimate of drug-likeness (QED) is 0.408. The molecular weight excluding hydrogens is 474 g/mol. The zero-order valence-electron chi connectivity index (χ0n) is 18.0. The Morgan fingerprint density at radius 2 is 1.94 bits per heavy atom. The predicted molar refractivity (Wildman–Crippen MR) is 131 cm³/mol. The van der Waals surface area contributed by atoms with E-state index in [2.05, 4.69) is 35.1 Å². The van der Waals surface area contributed by atoms with Crippen LogP contribution in [0, 0.1) is 0 Å². The van der Waals surface area contributed by atoms with E-state index in [-0.39, 0.29) is 18.4 Å². The topological polar surface area (TPSA) is 53.9 Å². The van der Waals surface area contributed by atoms with E-state index in [9.17, 15) is 9.59 Å². The van der Waals surface area contributed by atoms with Crippen molar-refractivity contribution < 1.29 is 14.5 Å². The molecule has 2 amide bonds. The zero-order chi connectivity index (χ0) is 22.2. The van der Waals surface area contributed by atoms with Crippen LogP contribution in [0.2, 0.25) is 0 Å². The van der Waals surface area contributed by atoms with Crippen LogP contribution in [0.15, 0.2) is 62.8 Å². The molecule has 2 aromatic carbocycles. The Bertz CT molecular complexity index is 959. The number of hydrogen-bond acceptors (Lipinski definition) is 3. The molecule has 1 aliphatic heterocycles. The molecule has 0 bridgehead atoms. The number of amides is 2. The Morgan fingerprint density at radius 3 is 2.68 bits per heavy atom. The van der Waals surface area contributed by atoms with Crippen LogP contribution in [-0.4, -0.2) is 44.5 Å². The highest BCUT2D eigenvalue weighted by atomic mass is 79.9. The van der Waals surface area contributed by atoms with Gasteiger partial charge in [0.2, 0.25) is 5.91 Å². The number of thioether (sulfide) groups is 1. The van der Waals surface area contributed by atoms with Crippen molar-refractivity contribution in [1.29, 1.82) is 0 Å². The molecule has 164 valence electrons. The molecule has 0 aromatic heterocycles. The van der Waals surface area contributed by atoms with E-state index in [1.54, 1.807) is 4.90 Å². The summed E-state index contributed by atoms with van der Waals surface area (Å²) in [5, 5.41) is 2.98. The normalized spacial score (nSPS) is 14.8. The Morgan fingerprint density at radius 1 is 1.16 bits per heavy atom. The molecule has 1 heterocycles. The van der Waals surface area contributed by atoms with E-state index in [0.717, 1.165) is 46.7 Å². The van der Waals surface area contributed by atoms with Crippen molar-refractivity contribution in [2.45, 2.75) is 25.2 Å². The Kier molecular flexibility index (Phi) is 8.75. The number of hydrogen-bond donors (Lipinski definition) is 2. The second kappa shape index (κ2) is 11.5. The minimum absolute atomic E-state index is 0.0182. The van der Waals surface area contributed by atoms with Crippen LogP contribution in [0.1, 0.15) is 25.8 Å². The van der Waals surface area contributed by atoms with Crippen LogP contribution >= 0.6 is 27.7 Å². The molecule has 31 heavy (non-hydrogen) atoms. The summed E-state index contributed by atoms with van der Waals surface area (Å²) < 4.78 is 0.957. The third kappa shape index (κ3) is 6.45. The van der Waals surface area contributed by atoms with Crippen molar-refractivity contribution in [2.24, 2.45) is 0 Å². The standard InChI is InChI=1S/C24H28BrN3O2S/c1-3-27(4-2)14-8-13-26-23(29)17-28-20-11-5-6-12-21(20)31-22(24(28)30)16-18-9-7-10-19(25)15-18/h5-7,9-12,15-16H,3-4,8,13-14,17H2,1-2H3,(H,26,29)/p+1. The van der Waals surface area contributed by atoms with Crippen molar-refractivity contribution in [3.63, 3.8) is 0 Å². The lowest BCUT2D eigenvalue weighted by Gasteiger charge is -2.29. The summed E-state index contributed by atoms with van der Waals surface area (Å²) in [6, 6.07) is 15.5. The van der Waals surface area contributed by atoms with E-state index in [0.29, 0.717) is 11.4 Å². The molecule has 0 unspecified atom stereocenters. The highest BCUT2D eigenvalue weighted by molar-refractivity contribution is 9.10. The highest BCUT2D eigenvalue weighted by Crippen LogP contribution is 2.41. The van der Waals surface area contributed by atoms with E-state index in [4.69, 9.17) is 0 Å². The van der Waals surface area contributed by atoms with Gasteiger partial charge in [0.05, 0.1) is 30.2 Å². The average molecular weight is 503 g/mol. The van der Waals surface area contributed by atoms with Gasteiger partial charge in [-0.15, -0.1) is 0 Å². The van der Waals surface area contributed by atoms with Gasteiger partial charge in [-0.25, -0.2) is 0 Å². The molecule has 0 aliphatic carbocycles. The number of carbonyl (C=O) groups is 2. The fraction of sp³-hybridized carbons (Fsp3) is 0.333. The number of carbonyl (C=O) groups excluding carboxylic acids is 2. The van der Waals surface area contributed by atoms with Crippen LogP contribution < -0.4 is 15.1 Å². The number of nitrogens with zero attached hydrogens (tertiary/aromatic N) is 1. The van der Waals surface area contributed by atoms with E-state index in [1.807, 2.05) is 54.6 Å². The highest BCUT2D eigenvalue weighted by Gasteiger charge is 2.30. The van der Waals surface area contributed by atoms with Gasteiger partial charge in [0, 0.05) is 22.3 Å². The molecule has 2 aromatic rings. The lowest BCUT2D eigenvalue weighted by atomic mass is 10.2. The number of halogens is 1. The predicted octanol–water partition coefficient (Wildman–Crippen LogP) is 3.36. The number of quaternary nitrogens is 1. The van der Waals surface area contributed by atoms with E-state index in [1.165, 1.54) is 16.7 Å². The molecule has 0 saturated heterocycles. The third-order valence-electron chi connectivity index (χ3n) is 5.31. The summed E-state index contributed by atoms with van der Waals surface area (Å²) in [5.74, 6) is -0.280. The first-order valence-corrected chi connectivity index (χ1v) is 12.3. The molecule has 0 radical (unpaired) electrons. The zero-order valence-corrected chi connectivity index (χ0v) is 20.4. The first kappa shape index (κ1) is 23.6. The van der Waals surface area contributed by atoms with Gasteiger partial charge in [0.1, 0.15) is 6.54 Å². The maximum atomic E-state index is 13.3. The minimum atomic E-state index is -0.147. The van der Waals surface area contributed by atoms with Gasteiger partial charge in [-0.3, -0.25) is 14.5 Å². The molecule has 3 rings (SSSR count). The van der Waals surface area contributed by atoms with Crippen LogP contribution in [-0.2, 0) is 9.59 Å². The first-order valence-electron chi connectivity index (χ1n) is 10.7. The Labute approximate surface area is 197 Å². The van der Waals surface area contributed by atoms with Crippen LogP contribution in [0.5, 0.6) is 0 Å². The van der Waals surface area contributed by atoms with Gasteiger partial charge in [-0.1, -0.05) is 52.0 Å². The van der Waals surface area contributed by atoms with Crippen molar-refractivity contribution in [1.82, 2.24) is 5.32 Å². The van der Waals surface area contributed by atoms with Gasteiger partial charge in [-0.05, 0) is 49.8 Å². The molecule has 5 nitrogen and oxygen atoms in total. The largest absolute Gasteiger partial charge is 0.354 e. The van der Waals surface area contributed by atoms with Crippen LogP contribution in [0.4, 0.5) is 5.69 Å². The van der Waals surface area contributed by atoms with Gasteiger partial charge in [0.25, 0.3) is 5.91 Å². The SMILES string of the molecule is CC[NH+](CC)CCCNC(=O)CN1C(=O)C(=Cc2cccc(Br)c2)Sc2ccccc21. The van der Waals surface area contributed by atoms with Crippen molar-refractivity contribution in [2.75, 3.05) is 37.6 Å². The minimum Gasteiger partial charge on any atom is -0.354 e. The second-order valence-corrected chi connectivity index (χ2v) is 9.43. The van der Waals surface area contributed by atoms with Crippen molar-refractivity contribution in [3.05, 3.63) is 63.5 Å². The molecule has 7 heteroatoms. The van der Waals surface area contributed by atoms with Crippen LogP contribution in [0.25, 0.3) is 6.08 Å². The summed E-state index contributed by atoms with van der Waals surface area (Å²) in [7, 11) is 0. The number of benzene rings is 2. The molecular formula is C24H29BrN3O2S+. The van der Waals surface area contributed by atoms with E-state index < -0.39 is 0 Å². The van der Waals surface area contributed by atoms with Crippen molar-refractivity contribution >= 4 is 51.3 Å². The Hall–Kier alpha value is -2.09. The summed E-state index contributed by atoms with van der Waals surface area (Å²) in [4.78, 5) is 30.6. The molecule has 2 N–H and O–H groups in total. The second-order valence-electron chi connectivity index (χ2n) is 7.44. The molecule has 0 saturated carbocycles. The van der Waals surface area contributed by atoms with Gasteiger partial charge in [-0.2, -0.15) is 0 Å². The number of anilines is 1. The van der Waals surface area contributed by atoms with Gasteiger partial charge >= 0.3 is 0 Å². The average Bonchev–Trinajstić information content (AvgIpc) is 2.77. The maximum absolute atomic E-state index is 13.3. The maximum Gasteiger partial charge on any atom is 0.265 e. The summed E-state index contributed by atoms with van der Waals surface area (Å²) in [6.07, 6.45) is 2.81. The Balaban J connectivity index is 1.71. The summed E-state index contributed by atoms with van der Waals surface area (Å²) in [5.41, 5.74) is 1.72. The van der Waals surface area contributed by atoms with Crippen LogP contribution in [0.3, 0.4) is 0 Å². The molecule has 0 spiro atoms. The number of fused-ring (bicyclic) bond motifs is 1. The lowest BCUT2D eigenvalue weighted by Crippen LogP contribution is -3.11. The summed E-state index contributed by atoms with van der Waals surface area (Å²) >= 11 is 4.92. The number of para-hydroxylation sites is 1. The third-order valence-corrected chi connectivity index (χ3v) is 6.88. The number of rotatable bonds is 9. The molecule has 1 aliphatic rings. The van der Waals surface area contributed by atoms with Gasteiger partial charge in [0.15, 0.2) is 0 Å². The fourth-order valence-electron chi connectivity index (χ4n) is 3.54. The molecule has 0 atom stereocenters. The lowest BCUT2D eigenvalue weighted by molar-refractivity contribution is -0.896. The smallest absolute Gasteiger partial charge is 0.265 e. The fourth-order valence-corrected chi connectivity index (χ4v) is 5.01.